The highest BCUT2D eigenvalue weighted by molar-refractivity contribution is 4.87. The molecule has 72 valence electrons. The van der Waals surface area contributed by atoms with E-state index in [0.29, 0.717) is 0 Å². The number of hydrogen-bond donors (Lipinski definition) is 4. The fourth-order valence-corrected chi connectivity index (χ4v) is 1.07. The van der Waals surface area contributed by atoms with Crippen molar-refractivity contribution in [3.63, 3.8) is 0 Å². The Morgan fingerprint density at radius 1 is 1.08 bits per heavy atom. The molecule has 1 heterocycles. The maximum absolute atomic E-state index is 10.7. The second-order valence-corrected chi connectivity index (χ2v) is 2.70. The molecule has 1 aliphatic heterocycles. The largest absolute Gasteiger partial charge is 0.829 e. The van der Waals surface area contributed by atoms with E-state index < -0.39 is 37.3 Å². The second-order valence-electron chi connectivity index (χ2n) is 2.70. The van der Waals surface area contributed by atoms with Crippen LogP contribution in [0.2, 0.25) is 0 Å². The molecule has 0 saturated carbocycles. The van der Waals surface area contributed by atoms with Crippen LogP contribution < -0.4 is 5.11 Å². The Morgan fingerprint density at radius 3 is 2.17 bits per heavy atom. The van der Waals surface area contributed by atoms with Crippen LogP contribution in [0.4, 0.5) is 0 Å². The Morgan fingerprint density at radius 2 is 1.67 bits per heavy atom. The molecule has 5 atom stereocenters. The fourth-order valence-electron chi connectivity index (χ4n) is 1.07. The minimum absolute atomic E-state index is 0.566. The van der Waals surface area contributed by atoms with Crippen LogP contribution in [0.15, 0.2) is 0 Å². The van der Waals surface area contributed by atoms with E-state index in [0.717, 1.165) is 0 Å². The summed E-state index contributed by atoms with van der Waals surface area (Å²) in [6.45, 7) is -0.566. The van der Waals surface area contributed by atoms with Gasteiger partial charge in [0.1, 0.15) is 18.3 Å². The van der Waals surface area contributed by atoms with E-state index in [-0.39, 0.29) is 0 Å². The van der Waals surface area contributed by atoms with Crippen LogP contribution in [0.5, 0.6) is 0 Å². The summed E-state index contributed by atoms with van der Waals surface area (Å²) in [6, 6.07) is 0. The highest BCUT2D eigenvalue weighted by Gasteiger charge is 2.38. The number of ether oxygens (including phenoxy) is 1. The van der Waals surface area contributed by atoms with Gasteiger partial charge in [0.25, 0.3) is 0 Å². The van der Waals surface area contributed by atoms with Gasteiger partial charge in [0.15, 0.2) is 0 Å². The molecule has 0 aromatic rings. The zero-order valence-corrected chi connectivity index (χ0v) is 6.20. The van der Waals surface area contributed by atoms with Gasteiger partial charge >= 0.3 is 0 Å². The molecule has 1 fully saturated rings. The Balaban J connectivity index is 2.63. The lowest BCUT2D eigenvalue weighted by molar-refractivity contribution is -0.532. The third kappa shape index (κ3) is 1.58. The van der Waals surface area contributed by atoms with Crippen LogP contribution in [0.3, 0.4) is 0 Å². The van der Waals surface area contributed by atoms with E-state index >= 15 is 0 Å². The summed E-state index contributed by atoms with van der Waals surface area (Å²) in [5.41, 5.74) is 0. The zero-order valence-electron chi connectivity index (χ0n) is 6.20. The highest BCUT2D eigenvalue weighted by atomic mass is 16.6. The quantitative estimate of drug-likeness (QED) is 0.328. The van der Waals surface area contributed by atoms with Crippen molar-refractivity contribution in [1.29, 1.82) is 0 Å². The van der Waals surface area contributed by atoms with Crippen LogP contribution in [0.1, 0.15) is 0 Å². The van der Waals surface area contributed by atoms with Gasteiger partial charge < -0.3 is 30.3 Å². The summed E-state index contributed by atoms with van der Waals surface area (Å²) in [5.74, 6) is 0. The first-order valence-electron chi connectivity index (χ1n) is 3.54. The highest BCUT2D eigenvalue weighted by Crippen LogP contribution is 2.17. The summed E-state index contributed by atoms with van der Waals surface area (Å²) < 4.78 is 4.46. The molecule has 0 aliphatic carbocycles. The number of rotatable bonds is 1. The molecule has 1 saturated heterocycles. The smallest absolute Gasteiger partial charge is 0.111 e. The Labute approximate surface area is 68.6 Å². The van der Waals surface area contributed by atoms with E-state index in [2.05, 4.69) is 4.74 Å². The van der Waals surface area contributed by atoms with Gasteiger partial charge in [-0.3, -0.25) is 0 Å². The lowest BCUT2D eigenvalue weighted by Crippen LogP contribution is -2.62. The van der Waals surface area contributed by atoms with Crippen molar-refractivity contribution < 1.29 is 30.3 Å². The van der Waals surface area contributed by atoms with Gasteiger partial charge in [0, 0.05) is 6.29 Å². The van der Waals surface area contributed by atoms with E-state index in [4.69, 9.17) is 20.4 Å². The van der Waals surface area contributed by atoms with Crippen molar-refractivity contribution in [1.82, 2.24) is 0 Å². The maximum atomic E-state index is 10.7. The average molecular weight is 179 g/mol. The molecule has 1 aliphatic rings. The number of hydrogen-bond acceptors (Lipinski definition) is 6. The number of aliphatic hydroxyl groups excluding tert-OH is 4. The Hall–Kier alpha value is -0.240. The molecule has 6 heteroatoms. The number of aliphatic hydroxyl groups is 4. The minimum Gasteiger partial charge on any atom is -0.829 e. The monoisotopic (exact) mass is 179 g/mol. The molecule has 0 aromatic heterocycles. The van der Waals surface area contributed by atoms with E-state index in [9.17, 15) is 5.11 Å². The first kappa shape index (κ1) is 9.85. The lowest BCUT2D eigenvalue weighted by Gasteiger charge is -2.43. The first-order valence-corrected chi connectivity index (χ1v) is 3.54. The van der Waals surface area contributed by atoms with E-state index in [1.165, 1.54) is 0 Å². The average Bonchev–Trinajstić information content (AvgIpc) is 2.08. The SMILES string of the molecule is [O-]C1O[C@H](CO)[C@H](O)[C@H](O)[C@H]1O. The van der Waals surface area contributed by atoms with Gasteiger partial charge in [-0.25, -0.2) is 0 Å². The van der Waals surface area contributed by atoms with E-state index in [1.807, 2.05) is 0 Å². The van der Waals surface area contributed by atoms with Crippen molar-refractivity contribution in [3.05, 3.63) is 0 Å². The third-order valence-corrected chi connectivity index (χ3v) is 1.85. The molecule has 0 spiro atoms. The van der Waals surface area contributed by atoms with Crippen LogP contribution in [-0.2, 0) is 4.74 Å². The summed E-state index contributed by atoms with van der Waals surface area (Å²) in [4.78, 5) is 0. The van der Waals surface area contributed by atoms with Crippen LogP contribution in [-0.4, -0.2) is 57.7 Å². The lowest BCUT2D eigenvalue weighted by atomic mass is 10.00. The summed E-state index contributed by atoms with van der Waals surface area (Å²) in [7, 11) is 0. The maximum Gasteiger partial charge on any atom is 0.111 e. The standard InChI is InChI=1S/C6H11O6/c7-1-2-3(8)4(9)5(10)6(11)12-2/h2-10H,1H2/q-1/t2-,3+,4+,5-,6?/m1/s1. The Kier molecular flexibility index (Phi) is 2.99. The summed E-state index contributed by atoms with van der Waals surface area (Å²) >= 11 is 0. The van der Waals surface area contributed by atoms with Crippen molar-refractivity contribution in [2.75, 3.05) is 6.61 Å². The van der Waals surface area contributed by atoms with Gasteiger partial charge in [-0.1, -0.05) is 0 Å². The van der Waals surface area contributed by atoms with Gasteiger partial charge in [0.2, 0.25) is 0 Å². The molecule has 6 nitrogen and oxygen atoms in total. The topological polar surface area (TPSA) is 113 Å². The van der Waals surface area contributed by atoms with Crippen molar-refractivity contribution >= 4 is 0 Å². The Bertz CT molecular complexity index is 146. The molecule has 0 bridgehead atoms. The van der Waals surface area contributed by atoms with Crippen molar-refractivity contribution in [2.45, 2.75) is 30.7 Å². The van der Waals surface area contributed by atoms with Crippen molar-refractivity contribution in [3.8, 4) is 0 Å². The fraction of sp³-hybridized carbons (Fsp3) is 1.00. The molecular formula is C6H11O6-. The molecule has 12 heavy (non-hydrogen) atoms. The van der Waals surface area contributed by atoms with Gasteiger partial charge in [-0.05, 0) is 0 Å². The van der Waals surface area contributed by atoms with Crippen LogP contribution >= 0.6 is 0 Å². The van der Waals surface area contributed by atoms with Crippen molar-refractivity contribution in [2.24, 2.45) is 0 Å². The molecule has 0 aromatic carbocycles. The van der Waals surface area contributed by atoms with E-state index in [1.54, 1.807) is 0 Å². The normalized spacial score (nSPS) is 49.2. The predicted octanol–water partition coefficient (Wildman–Crippen LogP) is -3.85. The molecule has 1 rings (SSSR count). The molecule has 1 unspecified atom stereocenters. The van der Waals surface area contributed by atoms with Gasteiger partial charge in [-0.2, -0.15) is 0 Å². The summed E-state index contributed by atoms with van der Waals surface area (Å²) in [5, 5.41) is 46.3. The van der Waals surface area contributed by atoms with Gasteiger partial charge in [0.05, 0.1) is 12.7 Å². The molecule has 0 radical (unpaired) electrons. The van der Waals surface area contributed by atoms with Gasteiger partial charge in [-0.15, -0.1) is 0 Å². The van der Waals surface area contributed by atoms with Crippen LogP contribution in [0.25, 0.3) is 0 Å². The second kappa shape index (κ2) is 3.65. The minimum atomic E-state index is -1.82. The predicted molar refractivity (Wildman–Crippen MR) is 33.8 cm³/mol. The zero-order chi connectivity index (χ0) is 9.30. The first-order chi connectivity index (χ1) is 5.57. The molecular weight excluding hydrogens is 168 g/mol. The third-order valence-electron chi connectivity index (χ3n) is 1.85. The summed E-state index contributed by atoms with van der Waals surface area (Å²) in [6.07, 6.45) is -7.57. The molecule has 4 N–H and O–H groups in total. The molecule has 0 amide bonds. The van der Waals surface area contributed by atoms with Crippen LogP contribution in [0, 0.1) is 0 Å².